The van der Waals surface area contributed by atoms with E-state index < -0.39 is 0 Å². The smallest absolute Gasteiger partial charge is 0.0407 e. The van der Waals surface area contributed by atoms with Crippen LogP contribution in [0.2, 0.25) is 5.02 Å². The molecule has 0 spiro atoms. The maximum absolute atomic E-state index is 5.86. The van der Waals surface area contributed by atoms with Crippen molar-refractivity contribution in [2.24, 2.45) is 0 Å². The van der Waals surface area contributed by atoms with Crippen LogP contribution in [0.5, 0.6) is 0 Å². The molecule has 1 fully saturated rings. The van der Waals surface area contributed by atoms with E-state index in [4.69, 9.17) is 11.6 Å². The number of halogens is 1. The van der Waals surface area contributed by atoms with Gasteiger partial charge in [0.15, 0.2) is 0 Å². The Morgan fingerprint density at radius 1 is 1.38 bits per heavy atom. The summed E-state index contributed by atoms with van der Waals surface area (Å²) in [5.74, 6) is 0. The molecule has 0 bridgehead atoms. The zero-order chi connectivity index (χ0) is 11.6. The first-order valence-corrected chi connectivity index (χ1v) is 6.20. The second-order valence-electron chi connectivity index (χ2n) is 5.16. The lowest BCUT2D eigenvalue weighted by Crippen LogP contribution is -2.48. The average molecular weight is 239 g/mol. The molecule has 2 N–H and O–H groups in total. The number of hydrogen-bond acceptors (Lipinski definition) is 2. The first-order chi connectivity index (χ1) is 7.55. The minimum Gasteiger partial charge on any atom is -0.380 e. The van der Waals surface area contributed by atoms with E-state index in [1.54, 1.807) is 0 Å². The lowest BCUT2D eigenvalue weighted by atomic mass is 9.90. The Hall–Kier alpha value is -0.730. The summed E-state index contributed by atoms with van der Waals surface area (Å²) in [6.07, 6.45) is 2.45. The summed E-state index contributed by atoms with van der Waals surface area (Å²) in [7, 11) is 0. The van der Waals surface area contributed by atoms with Crippen molar-refractivity contribution in [3.05, 3.63) is 29.3 Å². The zero-order valence-electron chi connectivity index (χ0n) is 9.89. The quantitative estimate of drug-likeness (QED) is 0.841. The topological polar surface area (TPSA) is 24.1 Å². The van der Waals surface area contributed by atoms with Crippen molar-refractivity contribution in [2.75, 3.05) is 11.9 Å². The van der Waals surface area contributed by atoms with Gasteiger partial charge in [-0.3, -0.25) is 0 Å². The second-order valence-corrected chi connectivity index (χ2v) is 5.60. The number of benzene rings is 1. The molecule has 1 heterocycles. The van der Waals surface area contributed by atoms with E-state index in [1.807, 2.05) is 24.3 Å². The Bertz CT molecular complexity index is 341. The molecular weight excluding hydrogens is 220 g/mol. The average Bonchev–Trinajstić information content (AvgIpc) is 2.16. The summed E-state index contributed by atoms with van der Waals surface area (Å²) in [6.45, 7) is 5.64. The maximum atomic E-state index is 5.86. The van der Waals surface area contributed by atoms with Crippen LogP contribution in [0, 0.1) is 0 Å². The van der Waals surface area contributed by atoms with Gasteiger partial charge >= 0.3 is 0 Å². The third-order valence-corrected chi connectivity index (χ3v) is 3.26. The molecule has 2 nitrogen and oxygen atoms in total. The molecule has 88 valence electrons. The Balaban J connectivity index is 1.93. The zero-order valence-corrected chi connectivity index (χ0v) is 10.6. The van der Waals surface area contributed by atoms with Gasteiger partial charge in [0.25, 0.3) is 0 Å². The van der Waals surface area contributed by atoms with Crippen LogP contribution in [-0.2, 0) is 0 Å². The van der Waals surface area contributed by atoms with Crippen molar-refractivity contribution < 1.29 is 0 Å². The predicted octanol–water partition coefficient (Wildman–Crippen LogP) is 3.28. The molecule has 0 unspecified atom stereocenters. The molecule has 16 heavy (non-hydrogen) atoms. The van der Waals surface area contributed by atoms with E-state index in [9.17, 15) is 0 Å². The molecule has 3 heteroatoms. The molecule has 1 aliphatic heterocycles. The highest BCUT2D eigenvalue weighted by Gasteiger charge is 2.26. The van der Waals surface area contributed by atoms with Crippen molar-refractivity contribution in [2.45, 2.75) is 38.3 Å². The fraction of sp³-hybridized carbons (Fsp3) is 0.538. The molecule has 1 aliphatic rings. The van der Waals surface area contributed by atoms with Crippen LogP contribution < -0.4 is 10.6 Å². The molecule has 0 aromatic heterocycles. The van der Waals surface area contributed by atoms with E-state index >= 15 is 0 Å². The molecule has 0 aliphatic carbocycles. The molecular formula is C13H19ClN2. The van der Waals surface area contributed by atoms with Gasteiger partial charge in [-0.05, 0) is 57.5 Å². The lowest BCUT2D eigenvalue weighted by Gasteiger charge is -2.36. The fourth-order valence-corrected chi connectivity index (χ4v) is 2.24. The van der Waals surface area contributed by atoms with Crippen molar-refractivity contribution in [1.82, 2.24) is 5.32 Å². The molecule has 0 radical (unpaired) electrons. The first-order valence-electron chi connectivity index (χ1n) is 5.82. The Kier molecular flexibility index (Phi) is 3.41. The minimum atomic E-state index is 0.117. The van der Waals surface area contributed by atoms with E-state index in [-0.39, 0.29) is 5.54 Å². The highest BCUT2D eigenvalue weighted by atomic mass is 35.5. The van der Waals surface area contributed by atoms with Crippen molar-refractivity contribution in [1.29, 1.82) is 0 Å². The minimum absolute atomic E-state index is 0.117. The van der Waals surface area contributed by atoms with Crippen LogP contribution in [0.1, 0.15) is 26.7 Å². The summed E-state index contributed by atoms with van der Waals surface area (Å²) in [5.41, 5.74) is 1.25. The largest absolute Gasteiger partial charge is 0.380 e. The number of anilines is 1. The molecule has 1 aromatic carbocycles. The highest BCUT2D eigenvalue weighted by Crippen LogP contribution is 2.23. The van der Waals surface area contributed by atoms with Crippen molar-refractivity contribution >= 4 is 17.3 Å². The maximum Gasteiger partial charge on any atom is 0.0407 e. The summed E-state index contributed by atoms with van der Waals surface area (Å²) >= 11 is 5.86. The first kappa shape index (κ1) is 11.7. The monoisotopic (exact) mass is 238 g/mol. The van der Waals surface area contributed by atoms with E-state index in [0.29, 0.717) is 6.04 Å². The normalized spacial score (nSPS) is 20.3. The SMILES string of the molecule is CC(C)(C[C@@H]1CCN1)Nc1ccc(Cl)cc1. The second kappa shape index (κ2) is 4.64. The van der Waals surface area contributed by atoms with Crippen molar-refractivity contribution in [3.63, 3.8) is 0 Å². The van der Waals surface area contributed by atoms with E-state index in [1.165, 1.54) is 13.0 Å². The van der Waals surface area contributed by atoms with Crippen LogP contribution in [-0.4, -0.2) is 18.1 Å². The van der Waals surface area contributed by atoms with Crippen LogP contribution >= 0.6 is 11.6 Å². The Morgan fingerprint density at radius 2 is 2.00 bits per heavy atom. The van der Waals surface area contributed by atoms with E-state index in [2.05, 4.69) is 24.5 Å². The van der Waals surface area contributed by atoms with Gasteiger partial charge in [-0.1, -0.05) is 11.6 Å². The molecule has 1 atom stereocenters. The standard InChI is InChI=1S/C13H19ClN2/c1-13(2,9-12-7-8-15-12)16-11-5-3-10(14)4-6-11/h3-6,12,15-16H,7-9H2,1-2H3/t12-/m0/s1. The number of rotatable bonds is 4. The molecule has 0 saturated carbocycles. The van der Waals surface area contributed by atoms with Crippen LogP contribution in [0.4, 0.5) is 5.69 Å². The third-order valence-electron chi connectivity index (χ3n) is 3.01. The van der Waals surface area contributed by atoms with Crippen LogP contribution in [0.25, 0.3) is 0 Å². The van der Waals surface area contributed by atoms with Gasteiger partial charge in [0.2, 0.25) is 0 Å². The fourth-order valence-electron chi connectivity index (χ4n) is 2.11. The predicted molar refractivity (Wildman–Crippen MR) is 70.2 cm³/mol. The van der Waals surface area contributed by atoms with Crippen LogP contribution in [0.15, 0.2) is 24.3 Å². The van der Waals surface area contributed by atoms with Gasteiger partial charge in [-0.25, -0.2) is 0 Å². The lowest BCUT2D eigenvalue weighted by molar-refractivity contribution is 0.303. The van der Waals surface area contributed by atoms with E-state index in [0.717, 1.165) is 17.1 Å². The summed E-state index contributed by atoms with van der Waals surface area (Å²) in [5, 5.41) is 7.76. The van der Waals surface area contributed by atoms with Gasteiger partial charge < -0.3 is 10.6 Å². The number of hydrogen-bond donors (Lipinski definition) is 2. The van der Waals surface area contributed by atoms with Crippen molar-refractivity contribution in [3.8, 4) is 0 Å². The van der Waals surface area contributed by atoms with Gasteiger partial charge in [-0.2, -0.15) is 0 Å². The Labute approximate surface area is 102 Å². The Morgan fingerprint density at radius 3 is 2.50 bits per heavy atom. The van der Waals surface area contributed by atoms with Crippen LogP contribution in [0.3, 0.4) is 0 Å². The summed E-state index contributed by atoms with van der Waals surface area (Å²) < 4.78 is 0. The summed E-state index contributed by atoms with van der Waals surface area (Å²) in [6, 6.07) is 8.56. The third kappa shape index (κ3) is 3.13. The molecule has 0 amide bonds. The van der Waals surface area contributed by atoms with Gasteiger partial charge in [0.05, 0.1) is 0 Å². The van der Waals surface area contributed by atoms with Gasteiger partial charge in [-0.15, -0.1) is 0 Å². The van der Waals surface area contributed by atoms with Gasteiger partial charge in [0.1, 0.15) is 0 Å². The molecule has 1 aromatic rings. The molecule has 2 rings (SSSR count). The molecule has 1 saturated heterocycles. The van der Waals surface area contributed by atoms with Gasteiger partial charge in [0, 0.05) is 22.3 Å². The summed E-state index contributed by atoms with van der Waals surface area (Å²) in [4.78, 5) is 0. The number of nitrogens with one attached hydrogen (secondary N) is 2. The highest BCUT2D eigenvalue weighted by molar-refractivity contribution is 6.30.